The minimum Gasteiger partial charge on any atom is -0.374 e. The Morgan fingerprint density at radius 1 is 1.17 bits per heavy atom. The predicted molar refractivity (Wildman–Crippen MR) is 114 cm³/mol. The smallest absolute Gasteiger partial charge is 0.282 e. The Balaban J connectivity index is 2.07. The summed E-state index contributed by atoms with van der Waals surface area (Å²) in [5, 5.41) is 10.8. The molecule has 1 heterocycles. The second-order valence-corrected chi connectivity index (χ2v) is 8.99. The lowest BCUT2D eigenvalue weighted by Gasteiger charge is -2.28. The molecule has 1 aliphatic heterocycles. The van der Waals surface area contributed by atoms with Crippen molar-refractivity contribution in [1.82, 2.24) is 4.90 Å². The van der Waals surface area contributed by atoms with Crippen LogP contribution in [0, 0.1) is 10.1 Å². The summed E-state index contributed by atoms with van der Waals surface area (Å²) >= 11 is 0. The fraction of sp³-hybridized carbons (Fsp3) is 0.429. The van der Waals surface area contributed by atoms with E-state index >= 15 is 0 Å². The Morgan fingerprint density at radius 2 is 1.83 bits per heavy atom. The highest BCUT2D eigenvalue weighted by Crippen LogP contribution is 2.31. The number of Topliss-reactive ketones (excluding diaryl/α,β-unsaturated/α-hetero) is 1. The molecule has 1 aromatic rings. The van der Waals surface area contributed by atoms with Gasteiger partial charge in [0.2, 0.25) is 0 Å². The van der Waals surface area contributed by atoms with Crippen molar-refractivity contribution < 1.29 is 18.1 Å². The molecular formula is C21H25N3O5S. The van der Waals surface area contributed by atoms with Crippen molar-refractivity contribution in [3.8, 4) is 0 Å². The SMILES string of the molecule is C=CCC/C(=N\S(=O)(=O)c1ccc([N+](=O)[O-])cc1)C1=C(N2CCCC2)CCCC1=O. The number of allylic oxidation sites excluding steroid dienone is 3. The number of hydrogen-bond acceptors (Lipinski definition) is 6. The first-order valence-corrected chi connectivity index (χ1v) is 11.5. The second kappa shape index (κ2) is 9.34. The number of carbonyl (C=O) groups is 1. The number of sulfonamides is 1. The van der Waals surface area contributed by atoms with Crippen molar-refractivity contribution in [3.05, 3.63) is 58.3 Å². The van der Waals surface area contributed by atoms with E-state index in [1.165, 1.54) is 12.1 Å². The van der Waals surface area contributed by atoms with E-state index in [1.54, 1.807) is 6.08 Å². The average molecular weight is 432 g/mol. The Bertz CT molecular complexity index is 1000. The van der Waals surface area contributed by atoms with Crippen molar-refractivity contribution in [2.24, 2.45) is 4.40 Å². The number of nitro groups is 1. The fourth-order valence-electron chi connectivity index (χ4n) is 3.85. The molecule has 1 aliphatic carbocycles. The molecule has 1 saturated heterocycles. The van der Waals surface area contributed by atoms with Gasteiger partial charge in [-0.3, -0.25) is 14.9 Å². The van der Waals surface area contributed by atoms with Crippen LogP contribution in [-0.2, 0) is 14.8 Å². The Kier molecular flexibility index (Phi) is 6.81. The van der Waals surface area contributed by atoms with Gasteiger partial charge in [0, 0.05) is 37.3 Å². The van der Waals surface area contributed by atoms with Crippen LogP contribution in [0.3, 0.4) is 0 Å². The number of likely N-dealkylation sites (tertiary alicyclic amines) is 1. The van der Waals surface area contributed by atoms with E-state index in [2.05, 4.69) is 15.9 Å². The zero-order chi connectivity index (χ0) is 21.7. The van der Waals surface area contributed by atoms with Crippen LogP contribution in [0.1, 0.15) is 44.9 Å². The van der Waals surface area contributed by atoms with Gasteiger partial charge in [-0.2, -0.15) is 12.8 Å². The van der Waals surface area contributed by atoms with Crippen molar-refractivity contribution in [2.75, 3.05) is 13.1 Å². The van der Waals surface area contributed by atoms with Crippen LogP contribution in [-0.4, -0.2) is 42.8 Å². The monoisotopic (exact) mass is 431 g/mol. The van der Waals surface area contributed by atoms with Crippen LogP contribution in [0.5, 0.6) is 0 Å². The quantitative estimate of drug-likeness (QED) is 0.268. The second-order valence-electron chi connectivity index (χ2n) is 7.38. The van der Waals surface area contributed by atoms with E-state index in [0.717, 1.165) is 56.6 Å². The minimum absolute atomic E-state index is 0.0788. The van der Waals surface area contributed by atoms with Crippen LogP contribution in [0.2, 0.25) is 0 Å². The zero-order valence-corrected chi connectivity index (χ0v) is 17.6. The fourth-order valence-corrected chi connectivity index (χ4v) is 4.91. The topological polar surface area (TPSA) is 110 Å². The molecule has 9 heteroatoms. The summed E-state index contributed by atoms with van der Waals surface area (Å²) < 4.78 is 29.9. The molecule has 0 bridgehead atoms. The summed E-state index contributed by atoms with van der Waals surface area (Å²) in [6.07, 6.45) is 6.38. The molecule has 0 atom stereocenters. The lowest BCUT2D eigenvalue weighted by Crippen LogP contribution is -2.29. The van der Waals surface area contributed by atoms with Crippen molar-refractivity contribution in [1.29, 1.82) is 0 Å². The molecule has 0 spiro atoms. The molecule has 160 valence electrons. The van der Waals surface area contributed by atoms with Gasteiger partial charge in [0.05, 0.1) is 21.1 Å². The maximum absolute atomic E-state index is 12.9. The first kappa shape index (κ1) is 21.9. The summed E-state index contributed by atoms with van der Waals surface area (Å²) in [5.74, 6) is -0.0788. The third kappa shape index (κ3) is 4.84. The minimum atomic E-state index is -4.13. The largest absolute Gasteiger partial charge is 0.374 e. The molecule has 1 aromatic carbocycles. The van der Waals surface area contributed by atoms with Gasteiger partial charge in [0.25, 0.3) is 15.7 Å². The summed E-state index contributed by atoms with van der Waals surface area (Å²) in [6, 6.07) is 4.60. The van der Waals surface area contributed by atoms with Gasteiger partial charge >= 0.3 is 0 Å². The molecule has 8 nitrogen and oxygen atoms in total. The van der Waals surface area contributed by atoms with E-state index in [4.69, 9.17) is 0 Å². The number of non-ortho nitro benzene ring substituents is 1. The number of benzene rings is 1. The molecule has 2 aliphatic rings. The van der Waals surface area contributed by atoms with Gasteiger partial charge in [0.1, 0.15) is 0 Å². The maximum atomic E-state index is 12.9. The number of ketones is 1. The van der Waals surface area contributed by atoms with Crippen LogP contribution in [0.4, 0.5) is 5.69 Å². The van der Waals surface area contributed by atoms with Crippen LogP contribution >= 0.6 is 0 Å². The Labute approximate surface area is 176 Å². The molecule has 30 heavy (non-hydrogen) atoms. The summed E-state index contributed by atoms with van der Waals surface area (Å²) in [4.78, 5) is 25.1. The van der Waals surface area contributed by atoms with Crippen LogP contribution in [0.25, 0.3) is 0 Å². The van der Waals surface area contributed by atoms with E-state index in [0.29, 0.717) is 18.4 Å². The molecule has 0 N–H and O–H groups in total. The number of rotatable bonds is 8. The van der Waals surface area contributed by atoms with Gasteiger partial charge in [-0.25, -0.2) is 0 Å². The number of carbonyl (C=O) groups excluding carboxylic acids is 1. The van der Waals surface area contributed by atoms with Gasteiger partial charge in [0.15, 0.2) is 5.78 Å². The third-order valence-corrected chi connectivity index (χ3v) is 6.65. The summed E-state index contributed by atoms with van der Waals surface area (Å²) in [7, 11) is -4.13. The summed E-state index contributed by atoms with van der Waals surface area (Å²) in [6.45, 7) is 5.41. The molecule has 0 unspecified atom stereocenters. The molecule has 1 fully saturated rings. The van der Waals surface area contributed by atoms with Crippen molar-refractivity contribution >= 4 is 27.2 Å². The van der Waals surface area contributed by atoms with E-state index < -0.39 is 14.9 Å². The Hall–Kier alpha value is -2.81. The number of nitrogens with zero attached hydrogens (tertiary/aromatic N) is 3. The lowest BCUT2D eigenvalue weighted by molar-refractivity contribution is -0.384. The number of nitro benzene ring substituents is 1. The lowest BCUT2D eigenvalue weighted by atomic mass is 9.89. The molecule has 0 radical (unpaired) electrons. The maximum Gasteiger partial charge on any atom is 0.282 e. The van der Waals surface area contributed by atoms with E-state index in [-0.39, 0.29) is 28.5 Å². The zero-order valence-electron chi connectivity index (χ0n) is 16.7. The van der Waals surface area contributed by atoms with Gasteiger partial charge in [-0.05, 0) is 50.7 Å². The van der Waals surface area contributed by atoms with Gasteiger partial charge < -0.3 is 4.90 Å². The van der Waals surface area contributed by atoms with Gasteiger partial charge in [-0.1, -0.05) is 6.08 Å². The molecular weight excluding hydrogens is 406 g/mol. The highest BCUT2D eigenvalue weighted by molar-refractivity contribution is 7.90. The highest BCUT2D eigenvalue weighted by Gasteiger charge is 2.30. The normalized spacial score (nSPS) is 18.1. The first-order chi connectivity index (χ1) is 14.3. The first-order valence-electron chi connectivity index (χ1n) is 10.0. The number of hydrogen-bond donors (Lipinski definition) is 0. The third-order valence-electron chi connectivity index (χ3n) is 5.32. The molecule has 0 amide bonds. The van der Waals surface area contributed by atoms with E-state index in [1.807, 2.05) is 0 Å². The summed E-state index contributed by atoms with van der Waals surface area (Å²) in [5.41, 5.74) is 1.37. The van der Waals surface area contributed by atoms with Crippen LogP contribution < -0.4 is 0 Å². The molecule has 0 aromatic heterocycles. The molecule has 3 rings (SSSR count). The standard InChI is InChI=1S/C21H25N3O5S/c1-2-3-7-18(21-19(8-6-9-20(21)25)23-14-4-5-15-23)22-30(28,29)17-12-10-16(11-13-17)24(26)27/h2,10-13H,1,3-9,14-15H2/b22-18+. The van der Waals surface area contributed by atoms with Crippen LogP contribution in [0.15, 0.2) is 57.5 Å². The van der Waals surface area contributed by atoms with Crippen molar-refractivity contribution in [3.63, 3.8) is 0 Å². The van der Waals surface area contributed by atoms with Gasteiger partial charge in [-0.15, -0.1) is 6.58 Å². The van der Waals surface area contributed by atoms with Crippen molar-refractivity contribution in [2.45, 2.75) is 49.8 Å². The molecule has 0 saturated carbocycles. The predicted octanol–water partition coefficient (Wildman–Crippen LogP) is 3.79. The Morgan fingerprint density at radius 3 is 2.43 bits per heavy atom. The van der Waals surface area contributed by atoms with E-state index in [9.17, 15) is 23.3 Å². The average Bonchev–Trinajstić information content (AvgIpc) is 3.26. The highest BCUT2D eigenvalue weighted by atomic mass is 32.2.